The van der Waals surface area contributed by atoms with E-state index in [0.717, 1.165) is 28.8 Å². The predicted molar refractivity (Wildman–Crippen MR) is 175 cm³/mol. The van der Waals surface area contributed by atoms with Gasteiger partial charge in [0.1, 0.15) is 6.10 Å². The first-order valence-corrected chi connectivity index (χ1v) is 16.7. The number of aromatic amines is 1. The molecule has 0 aliphatic carbocycles. The molecular weight excluding hydrogens is 672 g/mol. The summed E-state index contributed by atoms with van der Waals surface area (Å²) in [6, 6.07) is 30.3. The second-order valence-electron chi connectivity index (χ2n) is 13.1. The van der Waals surface area contributed by atoms with Gasteiger partial charge in [-0.1, -0.05) is 96.2 Å². The van der Waals surface area contributed by atoms with Gasteiger partial charge < -0.3 is 9.47 Å². The lowest BCUT2D eigenvalue weighted by Gasteiger charge is -2.51. The van der Waals surface area contributed by atoms with Crippen LogP contribution in [0.5, 0.6) is 0 Å². The number of hydrogen-bond donors (Lipinski definition) is 1. The molecule has 7 rings (SSSR count). The number of halogens is 6. The fourth-order valence-electron chi connectivity index (χ4n) is 7.78. The lowest BCUT2D eigenvalue weighted by atomic mass is 9.78. The highest BCUT2D eigenvalue weighted by Gasteiger charge is 2.61. The molecule has 5 atom stereocenters. The Morgan fingerprint density at radius 3 is 1.98 bits per heavy atom. The van der Waals surface area contributed by atoms with Crippen LogP contribution < -0.4 is 0 Å². The Hall–Kier alpha value is -4.59. The average Bonchev–Trinajstić information content (AvgIpc) is 3.73. The Morgan fingerprint density at radius 1 is 0.784 bits per heavy atom. The summed E-state index contributed by atoms with van der Waals surface area (Å²) in [6.45, 7) is 0.305. The van der Waals surface area contributed by atoms with Crippen LogP contribution in [0.2, 0.25) is 0 Å². The van der Waals surface area contributed by atoms with Gasteiger partial charge in [-0.25, -0.2) is 0 Å². The second-order valence-corrected chi connectivity index (χ2v) is 13.1. The molecule has 2 fully saturated rings. The number of aromatic nitrogens is 4. The number of hydrogen-bond acceptors (Lipinski definition) is 6. The van der Waals surface area contributed by atoms with Crippen LogP contribution in [0.4, 0.5) is 26.3 Å². The first-order valence-electron chi connectivity index (χ1n) is 16.7. The van der Waals surface area contributed by atoms with Gasteiger partial charge >= 0.3 is 12.4 Å². The maximum Gasteiger partial charge on any atom is 0.416 e. The summed E-state index contributed by atoms with van der Waals surface area (Å²) in [5.74, 6) is 0.353. The van der Waals surface area contributed by atoms with Crippen LogP contribution in [-0.4, -0.2) is 44.3 Å². The Kier molecular flexibility index (Phi) is 9.70. The highest BCUT2D eigenvalue weighted by molar-refractivity contribution is 5.37. The third-order valence-corrected chi connectivity index (χ3v) is 10.0. The normalized spacial score (nSPS) is 23.0. The van der Waals surface area contributed by atoms with Crippen molar-refractivity contribution in [1.82, 2.24) is 25.5 Å². The third kappa shape index (κ3) is 7.28. The van der Waals surface area contributed by atoms with Crippen LogP contribution in [0.1, 0.15) is 70.5 Å². The molecule has 2 saturated heterocycles. The summed E-state index contributed by atoms with van der Waals surface area (Å²) in [6.07, 6.45) is -10.4. The van der Waals surface area contributed by atoms with Crippen molar-refractivity contribution in [1.29, 1.82) is 0 Å². The van der Waals surface area contributed by atoms with E-state index in [-0.39, 0.29) is 36.8 Å². The van der Waals surface area contributed by atoms with E-state index in [4.69, 9.17) is 9.47 Å². The zero-order valence-corrected chi connectivity index (χ0v) is 27.3. The zero-order chi connectivity index (χ0) is 35.6. The van der Waals surface area contributed by atoms with E-state index in [0.29, 0.717) is 31.6 Å². The van der Waals surface area contributed by atoms with Crippen molar-refractivity contribution in [2.45, 2.75) is 74.5 Å². The highest BCUT2D eigenvalue weighted by atomic mass is 19.4. The van der Waals surface area contributed by atoms with Gasteiger partial charge in [-0.05, 0) is 59.7 Å². The maximum atomic E-state index is 14.1. The van der Waals surface area contributed by atoms with Crippen molar-refractivity contribution >= 4 is 0 Å². The summed E-state index contributed by atoms with van der Waals surface area (Å²) < 4.78 is 97.6. The number of rotatable bonds is 11. The number of alkyl halides is 6. The lowest BCUT2D eigenvalue weighted by Crippen LogP contribution is -2.57. The number of ether oxygens (including phenoxy) is 2. The van der Waals surface area contributed by atoms with E-state index in [9.17, 15) is 26.3 Å². The average molecular weight is 708 g/mol. The van der Waals surface area contributed by atoms with Gasteiger partial charge in [0.2, 0.25) is 0 Å². The topological polar surface area (TPSA) is 76.2 Å². The molecule has 266 valence electrons. The van der Waals surface area contributed by atoms with Crippen LogP contribution >= 0.6 is 0 Å². The van der Waals surface area contributed by atoms with E-state index in [1.54, 1.807) is 0 Å². The number of benzene rings is 4. The molecule has 1 aromatic heterocycles. The summed E-state index contributed by atoms with van der Waals surface area (Å²) in [7, 11) is 0. The number of H-pyrrole nitrogens is 1. The van der Waals surface area contributed by atoms with E-state index in [1.807, 2.05) is 91.0 Å². The Balaban J connectivity index is 1.33. The molecular formula is C38H35F6N5O2. The van der Waals surface area contributed by atoms with Crippen LogP contribution in [0.25, 0.3) is 0 Å². The summed E-state index contributed by atoms with van der Waals surface area (Å²) in [5, 5.41) is 15.1. The minimum absolute atomic E-state index is 0.0546. The Morgan fingerprint density at radius 2 is 1.39 bits per heavy atom. The van der Waals surface area contributed by atoms with Gasteiger partial charge in [0.25, 0.3) is 0 Å². The minimum Gasteiger partial charge on any atom is -0.374 e. The molecule has 51 heavy (non-hydrogen) atoms. The molecule has 1 N–H and O–H groups in total. The van der Waals surface area contributed by atoms with Crippen molar-refractivity contribution < 1.29 is 35.8 Å². The van der Waals surface area contributed by atoms with Gasteiger partial charge in [0.05, 0.1) is 36.0 Å². The molecule has 2 bridgehead atoms. The van der Waals surface area contributed by atoms with Gasteiger partial charge in [0.15, 0.2) is 5.82 Å². The van der Waals surface area contributed by atoms with Crippen LogP contribution in [0, 0.1) is 0 Å². The predicted octanol–water partition coefficient (Wildman–Crippen LogP) is 8.63. The summed E-state index contributed by atoms with van der Waals surface area (Å²) >= 11 is 0. The third-order valence-electron chi connectivity index (χ3n) is 10.0. The SMILES string of the molecule is FC(F)(F)c1cc(C(COCc2ccccc2)OC2CCC3C(c4nn[nH]n4)CC2(c2ccccc2)N3Cc2ccccc2)cc(C(F)(F)F)c1. The molecule has 0 radical (unpaired) electrons. The first-order chi connectivity index (χ1) is 24.5. The first kappa shape index (κ1) is 34.8. The summed E-state index contributed by atoms with van der Waals surface area (Å²) in [5.41, 5.74) is -1.21. The molecule has 0 saturated carbocycles. The molecule has 4 aromatic carbocycles. The number of nitrogens with zero attached hydrogens (tertiary/aromatic N) is 4. The van der Waals surface area contributed by atoms with Gasteiger partial charge in [-0.2, -0.15) is 31.6 Å². The number of nitrogens with one attached hydrogen (secondary N) is 1. The van der Waals surface area contributed by atoms with Crippen molar-refractivity contribution in [3.8, 4) is 0 Å². The Labute approximate surface area is 290 Å². The van der Waals surface area contributed by atoms with E-state index < -0.39 is 41.2 Å². The lowest BCUT2D eigenvalue weighted by molar-refractivity contribution is -0.150. The van der Waals surface area contributed by atoms with Crippen molar-refractivity contribution in [2.75, 3.05) is 6.61 Å². The highest BCUT2D eigenvalue weighted by Crippen LogP contribution is 2.58. The maximum absolute atomic E-state index is 14.1. The molecule has 7 nitrogen and oxygen atoms in total. The van der Waals surface area contributed by atoms with Crippen LogP contribution in [-0.2, 0) is 40.5 Å². The quantitative estimate of drug-likeness (QED) is 0.139. The second kappa shape index (κ2) is 14.2. The number of piperidine rings is 1. The van der Waals surface area contributed by atoms with E-state index in [2.05, 4.69) is 25.5 Å². The number of fused-ring (bicyclic) bond motifs is 2. The van der Waals surface area contributed by atoms with Gasteiger partial charge in [-0.15, -0.1) is 10.2 Å². The number of tetrazole rings is 1. The minimum atomic E-state index is -5.02. The van der Waals surface area contributed by atoms with Crippen molar-refractivity contribution in [3.05, 3.63) is 148 Å². The van der Waals surface area contributed by atoms with Crippen LogP contribution in [0.3, 0.4) is 0 Å². The Bertz CT molecular complexity index is 1840. The largest absolute Gasteiger partial charge is 0.416 e. The standard InChI is InChI=1S/C38H35F6N5O2/c39-37(40,41)29-18-27(19-30(20-29)38(42,43)44)33(24-50-23-26-12-6-2-7-13-26)51-34-17-16-32-31(35-45-47-48-46-35)21-36(34,28-14-8-3-9-15-28)49(32)22-25-10-4-1-5-11-25/h1-15,18-20,31-34H,16-17,21-24H2,(H,45,46,47,48). The molecule has 2 aliphatic rings. The van der Waals surface area contributed by atoms with E-state index in [1.165, 1.54) is 0 Å². The zero-order valence-electron chi connectivity index (χ0n) is 27.3. The molecule has 2 aliphatic heterocycles. The monoisotopic (exact) mass is 707 g/mol. The molecule has 0 spiro atoms. The smallest absolute Gasteiger partial charge is 0.374 e. The molecule has 5 unspecified atom stereocenters. The van der Waals surface area contributed by atoms with Crippen molar-refractivity contribution in [3.63, 3.8) is 0 Å². The van der Waals surface area contributed by atoms with Crippen molar-refractivity contribution in [2.24, 2.45) is 0 Å². The molecule has 5 aromatic rings. The molecule has 3 heterocycles. The molecule has 0 amide bonds. The van der Waals surface area contributed by atoms with E-state index >= 15 is 0 Å². The molecule has 13 heteroatoms. The van der Waals surface area contributed by atoms with Crippen LogP contribution in [0.15, 0.2) is 109 Å². The fourth-order valence-corrected chi connectivity index (χ4v) is 7.78. The van der Waals surface area contributed by atoms with Gasteiger partial charge in [-0.3, -0.25) is 4.90 Å². The van der Waals surface area contributed by atoms with Gasteiger partial charge in [0, 0.05) is 18.5 Å². The fraction of sp³-hybridized carbons (Fsp3) is 0.342. The summed E-state index contributed by atoms with van der Waals surface area (Å²) in [4.78, 5) is 2.35.